The molecule has 2 bridgehead atoms. The predicted molar refractivity (Wildman–Crippen MR) is 85.1 cm³/mol. The highest BCUT2D eigenvalue weighted by atomic mass is 16.5. The Morgan fingerprint density at radius 2 is 2.10 bits per heavy atom. The van der Waals surface area contributed by atoms with Gasteiger partial charge < -0.3 is 15.0 Å². The lowest BCUT2D eigenvalue weighted by molar-refractivity contribution is -0.146. The van der Waals surface area contributed by atoms with Crippen molar-refractivity contribution in [2.75, 3.05) is 26.7 Å². The molecule has 4 heteroatoms. The fourth-order valence-electron chi connectivity index (χ4n) is 4.23. The second-order valence-corrected chi connectivity index (χ2v) is 7.28. The Bertz CT molecular complexity index is 346. The molecule has 0 aliphatic heterocycles. The zero-order valence-electron chi connectivity index (χ0n) is 14.1. The normalized spacial score (nSPS) is 29.3. The van der Waals surface area contributed by atoms with E-state index < -0.39 is 0 Å². The Labute approximate surface area is 129 Å². The quantitative estimate of drug-likeness (QED) is 0.698. The predicted octanol–water partition coefficient (Wildman–Crippen LogP) is 2.28. The van der Waals surface area contributed by atoms with Gasteiger partial charge in [0.2, 0.25) is 0 Å². The molecule has 0 radical (unpaired) electrons. The van der Waals surface area contributed by atoms with Gasteiger partial charge >= 0.3 is 5.97 Å². The summed E-state index contributed by atoms with van der Waals surface area (Å²) in [5.74, 6) is 2.65. The van der Waals surface area contributed by atoms with E-state index in [1.807, 2.05) is 6.92 Å². The number of rotatable bonds is 8. The lowest BCUT2D eigenvalue weighted by Gasteiger charge is -2.30. The molecule has 21 heavy (non-hydrogen) atoms. The van der Waals surface area contributed by atoms with Crippen molar-refractivity contribution in [3.8, 4) is 0 Å². The van der Waals surface area contributed by atoms with Gasteiger partial charge in [-0.15, -0.1) is 0 Å². The Kier molecular flexibility index (Phi) is 6.06. The molecule has 0 aromatic carbocycles. The first-order chi connectivity index (χ1) is 9.99. The van der Waals surface area contributed by atoms with Crippen molar-refractivity contribution in [2.24, 2.45) is 17.8 Å². The van der Waals surface area contributed by atoms with E-state index in [0.717, 1.165) is 30.8 Å². The summed E-state index contributed by atoms with van der Waals surface area (Å²) in [6.45, 7) is 8.32. The fraction of sp³-hybridized carbons (Fsp3) is 0.941. The van der Waals surface area contributed by atoms with Gasteiger partial charge in [-0.2, -0.15) is 0 Å². The van der Waals surface area contributed by atoms with Crippen molar-refractivity contribution >= 4 is 5.97 Å². The molecule has 122 valence electrons. The zero-order chi connectivity index (χ0) is 15.4. The molecular weight excluding hydrogens is 264 g/mol. The number of carbonyl (C=O) groups is 1. The first-order valence-corrected chi connectivity index (χ1v) is 8.60. The van der Waals surface area contributed by atoms with Crippen LogP contribution in [0.4, 0.5) is 0 Å². The third-order valence-electron chi connectivity index (χ3n) is 5.03. The number of fused-ring (bicyclic) bond motifs is 2. The molecule has 0 saturated heterocycles. The summed E-state index contributed by atoms with van der Waals surface area (Å²) in [6, 6.07) is 0.0730. The summed E-state index contributed by atoms with van der Waals surface area (Å²) in [5.41, 5.74) is 0. The molecule has 2 saturated carbocycles. The van der Waals surface area contributed by atoms with Crippen LogP contribution in [0.2, 0.25) is 0 Å². The molecule has 0 aromatic rings. The van der Waals surface area contributed by atoms with E-state index >= 15 is 0 Å². The maximum Gasteiger partial charge on any atom is 0.324 e. The van der Waals surface area contributed by atoms with E-state index in [-0.39, 0.29) is 18.1 Å². The van der Waals surface area contributed by atoms with Crippen LogP contribution < -0.4 is 5.32 Å². The first kappa shape index (κ1) is 16.8. The van der Waals surface area contributed by atoms with E-state index in [1.54, 1.807) is 0 Å². The molecule has 2 aliphatic rings. The van der Waals surface area contributed by atoms with E-state index in [4.69, 9.17) is 4.74 Å². The van der Waals surface area contributed by atoms with Crippen molar-refractivity contribution < 1.29 is 9.53 Å². The summed E-state index contributed by atoms with van der Waals surface area (Å²) in [7, 11) is 2.14. The van der Waals surface area contributed by atoms with Crippen LogP contribution in [0.25, 0.3) is 0 Å². The summed E-state index contributed by atoms with van der Waals surface area (Å²) < 4.78 is 5.20. The van der Waals surface area contributed by atoms with E-state index in [9.17, 15) is 4.79 Å². The highest BCUT2D eigenvalue weighted by molar-refractivity contribution is 5.76. The smallest absolute Gasteiger partial charge is 0.324 e. The molecule has 2 rings (SSSR count). The zero-order valence-corrected chi connectivity index (χ0v) is 14.1. The molecule has 4 unspecified atom stereocenters. The van der Waals surface area contributed by atoms with Crippen LogP contribution in [0, 0.1) is 17.8 Å². The average molecular weight is 296 g/mol. The molecule has 0 amide bonds. The second-order valence-electron chi connectivity index (χ2n) is 7.28. The van der Waals surface area contributed by atoms with Crippen LogP contribution in [-0.4, -0.2) is 49.7 Å². The number of nitrogens with one attached hydrogen (secondary N) is 1. The highest BCUT2D eigenvalue weighted by Crippen LogP contribution is 2.48. The lowest BCUT2D eigenvalue weighted by Crippen LogP contribution is -2.49. The Morgan fingerprint density at radius 1 is 1.33 bits per heavy atom. The minimum atomic E-state index is -0.214. The Hall–Kier alpha value is -0.610. The van der Waals surface area contributed by atoms with Crippen molar-refractivity contribution in [1.82, 2.24) is 10.2 Å². The van der Waals surface area contributed by atoms with Gasteiger partial charge in [-0.25, -0.2) is 0 Å². The Balaban J connectivity index is 1.82. The van der Waals surface area contributed by atoms with Crippen LogP contribution in [0.5, 0.6) is 0 Å². The number of ether oxygens (including phenoxy) is 1. The minimum Gasteiger partial charge on any atom is -0.465 e. The van der Waals surface area contributed by atoms with E-state index in [1.165, 1.54) is 25.7 Å². The molecule has 0 heterocycles. The molecule has 0 aromatic heterocycles. The average Bonchev–Trinajstić information content (AvgIpc) is 2.99. The molecule has 2 fully saturated rings. The molecule has 4 nitrogen and oxygen atoms in total. The maximum absolute atomic E-state index is 12.1. The monoisotopic (exact) mass is 296 g/mol. The molecule has 4 atom stereocenters. The molecule has 0 spiro atoms. The number of hydrogen-bond donors (Lipinski definition) is 1. The third-order valence-corrected chi connectivity index (χ3v) is 5.03. The van der Waals surface area contributed by atoms with Crippen LogP contribution >= 0.6 is 0 Å². The number of carbonyl (C=O) groups excluding carboxylic acids is 1. The largest absolute Gasteiger partial charge is 0.465 e. The van der Waals surface area contributed by atoms with Crippen molar-refractivity contribution in [2.45, 2.75) is 58.5 Å². The van der Waals surface area contributed by atoms with Gasteiger partial charge in [0.25, 0.3) is 0 Å². The van der Waals surface area contributed by atoms with Crippen molar-refractivity contribution in [3.63, 3.8) is 0 Å². The standard InChI is InChI=1S/C17H32N2O2/c1-5-21-17(20)16(18-12(2)3)11-19(4)10-15-9-13-6-7-14(15)8-13/h12-16,18H,5-11H2,1-4H3. The maximum atomic E-state index is 12.1. The van der Waals surface area contributed by atoms with Gasteiger partial charge in [0.15, 0.2) is 0 Å². The van der Waals surface area contributed by atoms with Crippen LogP contribution in [0.1, 0.15) is 46.5 Å². The molecule has 1 N–H and O–H groups in total. The van der Waals surface area contributed by atoms with Crippen LogP contribution in [0.3, 0.4) is 0 Å². The summed E-state index contributed by atoms with van der Waals surface area (Å²) in [4.78, 5) is 14.4. The highest BCUT2D eigenvalue weighted by Gasteiger charge is 2.39. The molecular formula is C17H32N2O2. The summed E-state index contributed by atoms with van der Waals surface area (Å²) in [5, 5.41) is 3.34. The number of nitrogens with zero attached hydrogens (tertiary/aromatic N) is 1. The van der Waals surface area contributed by atoms with Gasteiger partial charge in [-0.3, -0.25) is 4.79 Å². The van der Waals surface area contributed by atoms with Gasteiger partial charge in [0.05, 0.1) is 6.61 Å². The van der Waals surface area contributed by atoms with Gasteiger partial charge in [-0.05, 0) is 51.0 Å². The topological polar surface area (TPSA) is 41.6 Å². The second kappa shape index (κ2) is 7.59. The molecule has 2 aliphatic carbocycles. The number of esters is 1. The van der Waals surface area contributed by atoms with E-state index in [2.05, 4.69) is 31.1 Å². The van der Waals surface area contributed by atoms with Gasteiger partial charge in [0, 0.05) is 19.1 Å². The lowest BCUT2D eigenvalue weighted by atomic mass is 9.88. The minimum absolute atomic E-state index is 0.119. The third kappa shape index (κ3) is 4.68. The van der Waals surface area contributed by atoms with Crippen molar-refractivity contribution in [3.05, 3.63) is 0 Å². The van der Waals surface area contributed by atoms with Gasteiger partial charge in [-0.1, -0.05) is 20.3 Å². The van der Waals surface area contributed by atoms with Crippen LogP contribution in [-0.2, 0) is 9.53 Å². The van der Waals surface area contributed by atoms with Gasteiger partial charge in [0.1, 0.15) is 6.04 Å². The number of hydrogen-bond acceptors (Lipinski definition) is 4. The SMILES string of the molecule is CCOC(=O)C(CN(C)CC1CC2CCC1C2)NC(C)C. The van der Waals surface area contributed by atoms with Crippen molar-refractivity contribution in [1.29, 1.82) is 0 Å². The van der Waals surface area contributed by atoms with Crippen LogP contribution in [0.15, 0.2) is 0 Å². The van der Waals surface area contributed by atoms with E-state index in [0.29, 0.717) is 6.61 Å². The fourth-order valence-corrected chi connectivity index (χ4v) is 4.23. The Morgan fingerprint density at radius 3 is 2.62 bits per heavy atom. The number of likely N-dealkylation sites (N-methyl/N-ethyl adjacent to an activating group) is 1. The summed E-state index contributed by atoms with van der Waals surface area (Å²) in [6.07, 6.45) is 5.72. The first-order valence-electron chi connectivity index (χ1n) is 8.60. The summed E-state index contributed by atoms with van der Waals surface area (Å²) >= 11 is 0.